The van der Waals surface area contributed by atoms with E-state index in [0.29, 0.717) is 22.2 Å². The van der Waals surface area contributed by atoms with Crippen molar-refractivity contribution in [3.8, 4) is 0 Å². The predicted molar refractivity (Wildman–Crippen MR) is 84.6 cm³/mol. The van der Waals surface area contributed by atoms with Crippen LogP contribution in [-0.4, -0.2) is 35.6 Å². The highest BCUT2D eigenvalue weighted by molar-refractivity contribution is 9.09. The van der Waals surface area contributed by atoms with Crippen molar-refractivity contribution in [2.75, 3.05) is 11.9 Å². The maximum atomic E-state index is 12.9. The summed E-state index contributed by atoms with van der Waals surface area (Å²) in [5.41, 5.74) is 0. The molecule has 2 rings (SSSR count). The third-order valence-electron chi connectivity index (χ3n) is 3.11. The van der Waals surface area contributed by atoms with E-state index >= 15 is 0 Å². The fourth-order valence-electron chi connectivity index (χ4n) is 2.18. The summed E-state index contributed by atoms with van der Waals surface area (Å²) in [6.45, 7) is 4.21. The molecule has 0 saturated carbocycles. The van der Waals surface area contributed by atoms with Gasteiger partial charge in [0.15, 0.2) is 0 Å². The molecule has 0 N–H and O–H groups in total. The van der Waals surface area contributed by atoms with Gasteiger partial charge in [-0.3, -0.25) is 4.98 Å². The zero-order valence-electron chi connectivity index (χ0n) is 11.5. The summed E-state index contributed by atoms with van der Waals surface area (Å²) in [4.78, 5) is 4.38. The van der Waals surface area contributed by atoms with Crippen LogP contribution in [0, 0.1) is 0 Å². The summed E-state index contributed by atoms with van der Waals surface area (Å²) < 4.78 is 27.2. The van der Waals surface area contributed by atoms with Crippen LogP contribution in [0.1, 0.15) is 13.8 Å². The summed E-state index contributed by atoms with van der Waals surface area (Å²) in [6.07, 6.45) is 3.30. The highest BCUT2D eigenvalue weighted by Crippen LogP contribution is 2.26. The molecule has 0 atom stereocenters. The van der Waals surface area contributed by atoms with E-state index in [1.54, 1.807) is 30.6 Å². The van der Waals surface area contributed by atoms with E-state index in [9.17, 15) is 8.42 Å². The fraction of sp³-hybridized carbons (Fsp3) is 0.357. The number of alkyl halides is 1. The first kappa shape index (κ1) is 15.4. The molecule has 0 aliphatic rings. The topological polar surface area (TPSA) is 50.3 Å². The van der Waals surface area contributed by atoms with E-state index in [4.69, 9.17) is 0 Å². The number of halogens is 1. The van der Waals surface area contributed by atoms with Crippen LogP contribution in [0.4, 0.5) is 0 Å². The maximum Gasteiger partial charge on any atom is 0.243 e. The highest BCUT2D eigenvalue weighted by Gasteiger charge is 2.27. The fourth-order valence-corrected chi connectivity index (χ4v) is 4.65. The molecule has 0 amide bonds. The van der Waals surface area contributed by atoms with Crippen molar-refractivity contribution in [3.63, 3.8) is 0 Å². The first-order chi connectivity index (χ1) is 9.48. The van der Waals surface area contributed by atoms with Crippen molar-refractivity contribution in [2.24, 2.45) is 0 Å². The van der Waals surface area contributed by atoms with Gasteiger partial charge in [-0.05, 0) is 26.0 Å². The van der Waals surface area contributed by atoms with Crippen molar-refractivity contribution >= 4 is 36.7 Å². The molecule has 0 spiro atoms. The van der Waals surface area contributed by atoms with Gasteiger partial charge in [-0.15, -0.1) is 0 Å². The van der Waals surface area contributed by atoms with Crippen LogP contribution >= 0.6 is 15.9 Å². The van der Waals surface area contributed by atoms with E-state index in [0.717, 1.165) is 5.39 Å². The van der Waals surface area contributed by atoms with Crippen LogP contribution in [0.15, 0.2) is 41.6 Å². The summed E-state index contributed by atoms with van der Waals surface area (Å²) in [6, 6.07) is 6.93. The lowest BCUT2D eigenvalue weighted by Crippen LogP contribution is -2.38. The van der Waals surface area contributed by atoms with Gasteiger partial charge in [0.05, 0.1) is 4.90 Å². The Labute approximate surface area is 128 Å². The molecule has 1 aromatic carbocycles. The summed E-state index contributed by atoms with van der Waals surface area (Å²) >= 11 is 3.32. The van der Waals surface area contributed by atoms with Gasteiger partial charge in [0.1, 0.15) is 0 Å². The third kappa shape index (κ3) is 2.87. The zero-order valence-corrected chi connectivity index (χ0v) is 13.9. The van der Waals surface area contributed by atoms with E-state index in [1.165, 1.54) is 4.31 Å². The van der Waals surface area contributed by atoms with Gasteiger partial charge in [0.25, 0.3) is 0 Å². The van der Waals surface area contributed by atoms with Crippen molar-refractivity contribution in [1.82, 2.24) is 9.29 Å². The molecular weight excluding hydrogens is 340 g/mol. The highest BCUT2D eigenvalue weighted by atomic mass is 79.9. The number of sulfonamides is 1. The minimum atomic E-state index is -3.51. The smallest absolute Gasteiger partial charge is 0.243 e. The van der Waals surface area contributed by atoms with Gasteiger partial charge >= 0.3 is 0 Å². The molecule has 1 aromatic heterocycles. The maximum absolute atomic E-state index is 12.9. The van der Waals surface area contributed by atoms with Gasteiger partial charge in [0, 0.05) is 41.1 Å². The van der Waals surface area contributed by atoms with Gasteiger partial charge in [-0.25, -0.2) is 8.42 Å². The molecule has 6 heteroatoms. The molecule has 0 fully saturated rings. The van der Waals surface area contributed by atoms with Crippen LogP contribution in [0.3, 0.4) is 0 Å². The molecule has 0 aliphatic carbocycles. The molecule has 0 radical (unpaired) electrons. The monoisotopic (exact) mass is 356 g/mol. The third-order valence-corrected chi connectivity index (χ3v) is 5.60. The lowest BCUT2D eigenvalue weighted by Gasteiger charge is -2.25. The Morgan fingerprint density at radius 1 is 1.30 bits per heavy atom. The van der Waals surface area contributed by atoms with E-state index in [-0.39, 0.29) is 6.04 Å². The second-order valence-corrected chi connectivity index (χ2v) is 7.40. The predicted octanol–water partition coefficient (Wildman–Crippen LogP) is 3.03. The Bertz CT molecular complexity index is 696. The molecule has 108 valence electrons. The number of benzene rings is 1. The number of hydrogen-bond acceptors (Lipinski definition) is 3. The van der Waals surface area contributed by atoms with Gasteiger partial charge in [0.2, 0.25) is 10.0 Å². The van der Waals surface area contributed by atoms with Crippen LogP contribution in [0.25, 0.3) is 10.8 Å². The summed E-state index contributed by atoms with van der Waals surface area (Å²) in [5, 5.41) is 2.15. The van der Waals surface area contributed by atoms with Crippen molar-refractivity contribution < 1.29 is 8.42 Å². The Morgan fingerprint density at radius 3 is 2.70 bits per heavy atom. The molecular formula is C14H17BrN2O2S. The Morgan fingerprint density at radius 2 is 2.05 bits per heavy atom. The second kappa shape index (κ2) is 6.20. The van der Waals surface area contributed by atoms with Gasteiger partial charge in [-0.2, -0.15) is 4.31 Å². The number of aromatic nitrogens is 1. The Balaban J connectivity index is 2.62. The van der Waals surface area contributed by atoms with Crippen molar-refractivity contribution in [1.29, 1.82) is 0 Å². The van der Waals surface area contributed by atoms with Crippen molar-refractivity contribution in [3.05, 3.63) is 36.7 Å². The van der Waals surface area contributed by atoms with Crippen LogP contribution in [0.5, 0.6) is 0 Å². The van der Waals surface area contributed by atoms with E-state index in [1.807, 2.05) is 19.9 Å². The minimum Gasteiger partial charge on any atom is -0.264 e. The zero-order chi connectivity index (χ0) is 14.8. The lowest BCUT2D eigenvalue weighted by molar-refractivity contribution is 0.372. The number of fused-ring (bicyclic) bond motifs is 1. The second-order valence-electron chi connectivity index (χ2n) is 4.75. The molecule has 0 saturated heterocycles. The molecule has 0 aliphatic heterocycles. The van der Waals surface area contributed by atoms with E-state index < -0.39 is 10.0 Å². The quantitative estimate of drug-likeness (QED) is 0.773. The molecule has 2 aromatic rings. The average Bonchev–Trinajstić information content (AvgIpc) is 2.43. The van der Waals surface area contributed by atoms with Gasteiger partial charge in [-0.1, -0.05) is 28.1 Å². The first-order valence-electron chi connectivity index (χ1n) is 6.39. The molecule has 0 bridgehead atoms. The first-order valence-corrected chi connectivity index (χ1v) is 8.95. The summed E-state index contributed by atoms with van der Waals surface area (Å²) in [5.74, 6) is 0. The average molecular weight is 357 g/mol. The largest absolute Gasteiger partial charge is 0.264 e. The molecule has 20 heavy (non-hydrogen) atoms. The lowest BCUT2D eigenvalue weighted by atomic mass is 10.2. The minimum absolute atomic E-state index is 0.0883. The normalized spacial score (nSPS) is 12.4. The van der Waals surface area contributed by atoms with Crippen molar-refractivity contribution in [2.45, 2.75) is 24.8 Å². The van der Waals surface area contributed by atoms with E-state index in [2.05, 4.69) is 20.9 Å². The number of rotatable bonds is 5. The molecule has 1 heterocycles. The standard InChI is InChI=1S/C14H17BrN2O2S/c1-11(2)17(9-7-15)20(18,19)14-5-3-4-12-10-16-8-6-13(12)14/h3-6,8,10-11H,7,9H2,1-2H3. The number of hydrogen-bond donors (Lipinski definition) is 0. The van der Waals surface area contributed by atoms with Gasteiger partial charge < -0.3 is 0 Å². The Kier molecular flexibility index (Phi) is 4.78. The Hall–Kier alpha value is -0.980. The SMILES string of the molecule is CC(C)N(CCBr)S(=O)(=O)c1cccc2cnccc12. The molecule has 0 unspecified atom stereocenters. The number of pyridine rings is 1. The van der Waals surface area contributed by atoms with Crippen LogP contribution < -0.4 is 0 Å². The number of nitrogens with zero attached hydrogens (tertiary/aromatic N) is 2. The molecule has 4 nitrogen and oxygen atoms in total. The van der Waals surface area contributed by atoms with Crippen LogP contribution in [0.2, 0.25) is 0 Å². The summed E-state index contributed by atoms with van der Waals surface area (Å²) in [7, 11) is -3.51. The van der Waals surface area contributed by atoms with Crippen LogP contribution in [-0.2, 0) is 10.0 Å².